The van der Waals surface area contributed by atoms with Gasteiger partial charge in [0.1, 0.15) is 12.4 Å². The fraction of sp³-hybridized carbons (Fsp3) is 0.0714. The average Bonchev–Trinajstić information content (AvgIpc) is 2.41. The minimum atomic E-state index is -0.988. The van der Waals surface area contributed by atoms with Crippen LogP contribution in [-0.4, -0.2) is 5.84 Å². The topological polar surface area (TPSA) is 59.1 Å². The van der Waals surface area contributed by atoms with Gasteiger partial charge >= 0.3 is 0 Å². The zero-order chi connectivity index (χ0) is 14.7. The Morgan fingerprint density at radius 3 is 2.35 bits per heavy atom. The van der Waals surface area contributed by atoms with E-state index in [0.29, 0.717) is 5.56 Å². The molecule has 0 saturated heterocycles. The second-order valence-corrected chi connectivity index (χ2v) is 4.10. The third kappa shape index (κ3) is 3.09. The fourth-order valence-electron chi connectivity index (χ4n) is 1.58. The van der Waals surface area contributed by atoms with Gasteiger partial charge in [-0.25, -0.2) is 13.2 Å². The molecule has 0 fully saturated rings. The standard InChI is InChI=1S/C14H11F3N2O/c15-10-3-1-8(5-11(10)16)7-20-13-4-2-9(14(18)19)6-12(13)17/h1-6H,7H2,(H3,18,19). The monoisotopic (exact) mass is 280 g/mol. The summed E-state index contributed by atoms with van der Waals surface area (Å²) < 4.78 is 44.5. The molecule has 2 aromatic rings. The van der Waals surface area contributed by atoms with E-state index in [0.717, 1.165) is 18.2 Å². The molecule has 2 aromatic carbocycles. The zero-order valence-corrected chi connectivity index (χ0v) is 10.3. The van der Waals surface area contributed by atoms with Crippen LogP contribution in [0, 0.1) is 22.9 Å². The van der Waals surface area contributed by atoms with Crippen LogP contribution >= 0.6 is 0 Å². The highest BCUT2D eigenvalue weighted by Crippen LogP contribution is 2.20. The van der Waals surface area contributed by atoms with E-state index in [1.165, 1.54) is 18.2 Å². The van der Waals surface area contributed by atoms with E-state index < -0.39 is 17.5 Å². The van der Waals surface area contributed by atoms with E-state index in [1.54, 1.807) is 0 Å². The minimum absolute atomic E-state index is 0.0558. The first-order valence-electron chi connectivity index (χ1n) is 5.68. The lowest BCUT2D eigenvalue weighted by Crippen LogP contribution is -2.11. The normalized spacial score (nSPS) is 10.3. The summed E-state index contributed by atoms with van der Waals surface area (Å²) in [7, 11) is 0. The van der Waals surface area contributed by atoms with Crippen molar-refractivity contribution in [3.8, 4) is 5.75 Å². The van der Waals surface area contributed by atoms with Gasteiger partial charge in [0.15, 0.2) is 23.2 Å². The third-order valence-electron chi connectivity index (χ3n) is 2.62. The summed E-state index contributed by atoms with van der Waals surface area (Å²) in [6.07, 6.45) is 0. The van der Waals surface area contributed by atoms with Crippen molar-refractivity contribution in [1.29, 1.82) is 5.41 Å². The van der Waals surface area contributed by atoms with E-state index in [1.807, 2.05) is 0 Å². The lowest BCUT2D eigenvalue weighted by Gasteiger charge is -2.08. The van der Waals surface area contributed by atoms with Crippen molar-refractivity contribution in [1.82, 2.24) is 0 Å². The number of rotatable bonds is 4. The molecular formula is C14H11F3N2O. The number of ether oxygens (including phenoxy) is 1. The van der Waals surface area contributed by atoms with E-state index >= 15 is 0 Å². The summed E-state index contributed by atoms with van der Waals surface area (Å²) in [4.78, 5) is 0. The van der Waals surface area contributed by atoms with Crippen LogP contribution in [0.5, 0.6) is 5.75 Å². The van der Waals surface area contributed by atoms with E-state index in [4.69, 9.17) is 15.9 Å². The first-order chi connectivity index (χ1) is 9.47. The van der Waals surface area contributed by atoms with Crippen molar-refractivity contribution in [2.24, 2.45) is 5.73 Å². The summed E-state index contributed by atoms with van der Waals surface area (Å²) >= 11 is 0. The molecule has 0 unspecified atom stereocenters. The number of hydrogen-bond acceptors (Lipinski definition) is 2. The predicted octanol–water partition coefficient (Wildman–Crippen LogP) is 2.97. The second kappa shape index (κ2) is 5.64. The molecule has 0 aromatic heterocycles. The molecule has 0 aliphatic rings. The SMILES string of the molecule is N=C(N)c1ccc(OCc2ccc(F)c(F)c2)c(F)c1. The highest BCUT2D eigenvalue weighted by Gasteiger charge is 2.08. The maximum absolute atomic E-state index is 13.6. The Kier molecular flexibility index (Phi) is 3.93. The fourth-order valence-corrected chi connectivity index (χ4v) is 1.58. The van der Waals surface area contributed by atoms with Gasteiger partial charge in [-0.3, -0.25) is 5.41 Å². The maximum Gasteiger partial charge on any atom is 0.165 e. The van der Waals surface area contributed by atoms with Crippen LogP contribution < -0.4 is 10.5 Å². The predicted molar refractivity (Wildman–Crippen MR) is 68.1 cm³/mol. The average molecular weight is 280 g/mol. The van der Waals surface area contributed by atoms with Gasteiger partial charge in [0.25, 0.3) is 0 Å². The van der Waals surface area contributed by atoms with Crippen molar-refractivity contribution < 1.29 is 17.9 Å². The number of hydrogen-bond donors (Lipinski definition) is 2. The number of nitrogens with two attached hydrogens (primary N) is 1. The van der Waals surface area contributed by atoms with Gasteiger partial charge in [-0.1, -0.05) is 6.07 Å². The molecule has 0 amide bonds. The van der Waals surface area contributed by atoms with Gasteiger partial charge in [-0.2, -0.15) is 0 Å². The van der Waals surface area contributed by atoms with Crippen molar-refractivity contribution in [3.63, 3.8) is 0 Å². The largest absolute Gasteiger partial charge is 0.486 e. The van der Waals surface area contributed by atoms with Crippen molar-refractivity contribution >= 4 is 5.84 Å². The Hall–Kier alpha value is -2.50. The Bertz CT molecular complexity index is 659. The van der Waals surface area contributed by atoms with Crippen molar-refractivity contribution in [3.05, 3.63) is 65.0 Å². The molecule has 6 heteroatoms. The zero-order valence-electron chi connectivity index (χ0n) is 10.3. The van der Waals surface area contributed by atoms with Gasteiger partial charge in [-0.05, 0) is 35.9 Å². The molecule has 0 heterocycles. The van der Waals surface area contributed by atoms with Crippen LogP contribution in [-0.2, 0) is 6.61 Å². The van der Waals surface area contributed by atoms with E-state index in [-0.39, 0.29) is 23.8 Å². The van der Waals surface area contributed by atoms with Crippen LogP contribution in [0.1, 0.15) is 11.1 Å². The molecule has 20 heavy (non-hydrogen) atoms. The Morgan fingerprint density at radius 2 is 1.75 bits per heavy atom. The van der Waals surface area contributed by atoms with Crippen molar-refractivity contribution in [2.45, 2.75) is 6.61 Å². The molecule has 0 aliphatic heterocycles. The van der Waals surface area contributed by atoms with Gasteiger partial charge in [0, 0.05) is 5.56 Å². The van der Waals surface area contributed by atoms with Crippen LogP contribution in [0.2, 0.25) is 0 Å². The Morgan fingerprint density at radius 1 is 1.00 bits per heavy atom. The quantitative estimate of drug-likeness (QED) is 0.668. The molecule has 3 nitrogen and oxygen atoms in total. The molecule has 0 spiro atoms. The molecular weight excluding hydrogens is 269 g/mol. The van der Waals surface area contributed by atoms with Gasteiger partial charge < -0.3 is 10.5 Å². The molecule has 0 aliphatic carbocycles. The number of benzene rings is 2. The van der Waals surface area contributed by atoms with Crippen LogP contribution in [0.25, 0.3) is 0 Å². The number of nitrogen functional groups attached to an aromatic ring is 1. The van der Waals surface area contributed by atoms with Gasteiger partial charge in [0.05, 0.1) is 0 Å². The summed E-state index contributed by atoms with van der Waals surface area (Å²) in [5.74, 6) is -2.93. The van der Waals surface area contributed by atoms with Crippen LogP contribution in [0.15, 0.2) is 36.4 Å². The van der Waals surface area contributed by atoms with E-state index in [9.17, 15) is 13.2 Å². The molecule has 2 rings (SSSR count). The minimum Gasteiger partial charge on any atom is -0.486 e. The van der Waals surface area contributed by atoms with E-state index in [2.05, 4.69) is 0 Å². The van der Waals surface area contributed by atoms with Crippen LogP contribution in [0.3, 0.4) is 0 Å². The number of halogens is 3. The summed E-state index contributed by atoms with van der Waals surface area (Å²) in [6.45, 7) is -0.104. The highest BCUT2D eigenvalue weighted by molar-refractivity contribution is 5.95. The Balaban J connectivity index is 2.10. The molecule has 3 N–H and O–H groups in total. The second-order valence-electron chi connectivity index (χ2n) is 4.10. The summed E-state index contributed by atoms with van der Waals surface area (Å²) in [5.41, 5.74) is 5.84. The summed E-state index contributed by atoms with van der Waals surface area (Å²) in [5, 5.41) is 7.18. The van der Waals surface area contributed by atoms with Gasteiger partial charge in [-0.15, -0.1) is 0 Å². The van der Waals surface area contributed by atoms with Crippen LogP contribution in [0.4, 0.5) is 13.2 Å². The molecule has 104 valence electrons. The maximum atomic E-state index is 13.6. The first-order valence-corrected chi connectivity index (χ1v) is 5.68. The Labute approximate surface area is 113 Å². The van der Waals surface area contributed by atoms with Crippen molar-refractivity contribution in [2.75, 3.05) is 0 Å². The van der Waals surface area contributed by atoms with Gasteiger partial charge in [0.2, 0.25) is 0 Å². The first kappa shape index (κ1) is 13.9. The summed E-state index contributed by atoms with van der Waals surface area (Å²) in [6, 6.07) is 7.14. The molecule has 0 bridgehead atoms. The lowest BCUT2D eigenvalue weighted by atomic mass is 10.2. The molecule has 0 saturated carbocycles. The smallest absolute Gasteiger partial charge is 0.165 e. The molecule has 0 atom stereocenters. The third-order valence-corrected chi connectivity index (χ3v) is 2.62. The molecule has 0 radical (unpaired) electrons. The number of amidine groups is 1. The highest BCUT2D eigenvalue weighted by atomic mass is 19.2. The lowest BCUT2D eigenvalue weighted by molar-refractivity contribution is 0.289. The number of nitrogens with one attached hydrogen (secondary N) is 1.